The fourth-order valence-electron chi connectivity index (χ4n) is 3.80. The van der Waals surface area contributed by atoms with Crippen LogP contribution in [0.25, 0.3) is 0 Å². The lowest BCUT2D eigenvalue weighted by Gasteiger charge is -2.52. The van der Waals surface area contributed by atoms with E-state index in [1.807, 2.05) is 0 Å². The molecule has 0 aromatic heterocycles. The molecule has 2 saturated carbocycles. The predicted molar refractivity (Wildman–Crippen MR) is 73.9 cm³/mol. The second-order valence-electron chi connectivity index (χ2n) is 6.58. The van der Waals surface area contributed by atoms with E-state index in [0.717, 1.165) is 24.3 Å². The molecule has 2 rings (SSSR count). The van der Waals surface area contributed by atoms with E-state index < -0.39 is 0 Å². The average molecular weight is 238 g/mol. The number of rotatable bonds is 5. The van der Waals surface area contributed by atoms with Crippen LogP contribution in [0.5, 0.6) is 0 Å². The van der Waals surface area contributed by atoms with Gasteiger partial charge in [-0.25, -0.2) is 0 Å². The molecule has 2 nitrogen and oxygen atoms in total. The van der Waals surface area contributed by atoms with Crippen LogP contribution >= 0.6 is 0 Å². The van der Waals surface area contributed by atoms with Crippen LogP contribution in [-0.2, 0) is 0 Å². The Hall–Kier alpha value is -0.0800. The van der Waals surface area contributed by atoms with Gasteiger partial charge in [0.1, 0.15) is 0 Å². The fraction of sp³-hybridized carbons (Fsp3) is 1.00. The maximum absolute atomic E-state index is 6.22. The topological polar surface area (TPSA) is 29.3 Å². The van der Waals surface area contributed by atoms with Crippen LogP contribution in [0.4, 0.5) is 0 Å². The van der Waals surface area contributed by atoms with E-state index in [1.54, 1.807) is 0 Å². The molecular formula is C15H30N2. The number of nitrogens with zero attached hydrogens (tertiary/aromatic N) is 1. The van der Waals surface area contributed by atoms with Crippen molar-refractivity contribution in [3.63, 3.8) is 0 Å². The Balaban J connectivity index is 2.12. The van der Waals surface area contributed by atoms with E-state index in [4.69, 9.17) is 5.73 Å². The minimum atomic E-state index is 0.301. The highest BCUT2D eigenvalue weighted by Crippen LogP contribution is 2.42. The highest BCUT2D eigenvalue weighted by molar-refractivity contribution is 5.00. The predicted octanol–water partition coefficient (Wildman–Crippen LogP) is 2.87. The molecule has 2 N–H and O–H groups in total. The van der Waals surface area contributed by atoms with Crippen molar-refractivity contribution < 1.29 is 0 Å². The number of likely N-dealkylation sites (N-methyl/N-ethyl adjacent to an activating group) is 1. The van der Waals surface area contributed by atoms with Gasteiger partial charge in [0.15, 0.2) is 0 Å². The lowest BCUT2D eigenvalue weighted by Crippen LogP contribution is -2.60. The Morgan fingerprint density at radius 2 is 1.88 bits per heavy atom. The molecular weight excluding hydrogens is 208 g/mol. The molecule has 0 amide bonds. The lowest BCUT2D eigenvalue weighted by atomic mass is 9.68. The number of hydrogen-bond acceptors (Lipinski definition) is 2. The molecule has 2 fully saturated rings. The summed E-state index contributed by atoms with van der Waals surface area (Å²) in [6, 6.07) is 0. The Morgan fingerprint density at radius 3 is 2.41 bits per heavy atom. The van der Waals surface area contributed by atoms with E-state index in [2.05, 4.69) is 25.7 Å². The van der Waals surface area contributed by atoms with Crippen molar-refractivity contribution >= 4 is 0 Å². The van der Waals surface area contributed by atoms with Gasteiger partial charge in [0.05, 0.1) is 0 Å². The van der Waals surface area contributed by atoms with Crippen LogP contribution in [0.2, 0.25) is 0 Å². The summed E-state index contributed by atoms with van der Waals surface area (Å²) in [7, 11) is 0. The normalized spacial score (nSPS) is 38.6. The summed E-state index contributed by atoms with van der Waals surface area (Å²) in [5.74, 6) is 2.59. The lowest BCUT2D eigenvalue weighted by molar-refractivity contribution is -0.00354. The first kappa shape index (κ1) is 13.4. The summed E-state index contributed by atoms with van der Waals surface area (Å²) >= 11 is 0. The van der Waals surface area contributed by atoms with Crippen LogP contribution in [0.1, 0.15) is 52.9 Å². The molecule has 2 aliphatic rings. The molecule has 0 radical (unpaired) electrons. The average Bonchev–Trinajstić information content (AvgIpc) is 3.13. The summed E-state index contributed by atoms with van der Waals surface area (Å²) in [6.45, 7) is 10.5. The molecule has 0 aromatic carbocycles. The zero-order valence-electron chi connectivity index (χ0n) is 11.9. The highest BCUT2D eigenvalue weighted by atomic mass is 15.2. The van der Waals surface area contributed by atoms with Gasteiger partial charge in [-0.15, -0.1) is 0 Å². The van der Waals surface area contributed by atoms with Gasteiger partial charge in [-0.3, -0.25) is 4.90 Å². The standard InChI is InChI=1S/C15H30N2/c1-4-17(10-14-7-8-14)15(11-16)9-12(2)5-6-13(15)3/h12-14H,4-11,16H2,1-3H3. The molecule has 3 unspecified atom stereocenters. The summed E-state index contributed by atoms with van der Waals surface area (Å²) in [5.41, 5.74) is 6.52. The Bertz CT molecular complexity index is 249. The number of hydrogen-bond donors (Lipinski definition) is 1. The van der Waals surface area contributed by atoms with Gasteiger partial charge in [0.25, 0.3) is 0 Å². The molecule has 2 aliphatic carbocycles. The van der Waals surface area contributed by atoms with E-state index in [-0.39, 0.29) is 0 Å². The third-order valence-corrected chi connectivity index (χ3v) is 5.25. The van der Waals surface area contributed by atoms with Crippen LogP contribution in [-0.4, -0.2) is 30.1 Å². The van der Waals surface area contributed by atoms with E-state index in [1.165, 1.54) is 45.2 Å². The highest BCUT2D eigenvalue weighted by Gasteiger charge is 2.44. The maximum Gasteiger partial charge on any atom is 0.0359 e. The first-order chi connectivity index (χ1) is 8.12. The second-order valence-corrected chi connectivity index (χ2v) is 6.58. The minimum Gasteiger partial charge on any atom is -0.329 e. The van der Waals surface area contributed by atoms with E-state index >= 15 is 0 Å². The molecule has 0 aliphatic heterocycles. The van der Waals surface area contributed by atoms with Gasteiger partial charge in [0.2, 0.25) is 0 Å². The van der Waals surface area contributed by atoms with Crippen molar-refractivity contribution in [1.82, 2.24) is 4.90 Å². The summed E-state index contributed by atoms with van der Waals surface area (Å²) in [6.07, 6.45) is 6.96. The second kappa shape index (κ2) is 5.27. The molecule has 0 saturated heterocycles. The molecule has 17 heavy (non-hydrogen) atoms. The van der Waals surface area contributed by atoms with Gasteiger partial charge >= 0.3 is 0 Å². The van der Waals surface area contributed by atoms with Crippen molar-refractivity contribution in [2.45, 2.75) is 58.4 Å². The SMILES string of the molecule is CCN(CC1CC1)C1(CN)CC(C)CCC1C. The van der Waals surface area contributed by atoms with Crippen molar-refractivity contribution in [2.24, 2.45) is 23.5 Å². The van der Waals surface area contributed by atoms with E-state index in [9.17, 15) is 0 Å². The monoisotopic (exact) mass is 238 g/mol. The smallest absolute Gasteiger partial charge is 0.0359 e. The third-order valence-electron chi connectivity index (χ3n) is 5.25. The number of nitrogens with two attached hydrogens (primary N) is 1. The fourth-order valence-corrected chi connectivity index (χ4v) is 3.80. The molecule has 2 heteroatoms. The van der Waals surface area contributed by atoms with Crippen molar-refractivity contribution in [1.29, 1.82) is 0 Å². The zero-order chi connectivity index (χ0) is 12.5. The largest absolute Gasteiger partial charge is 0.329 e. The Labute approximate surface area is 107 Å². The van der Waals surface area contributed by atoms with Crippen molar-refractivity contribution in [3.8, 4) is 0 Å². The van der Waals surface area contributed by atoms with Crippen LogP contribution in [0.15, 0.2) is 0 Å². The van der Waals surface area contributed by atoms with Gasteiger partial charge < -0.3 is 5.73 Å². The molecule has 100 valence electrons. The minimum absolute atomic E-state index is 0.301. The quantitative estimate of drug-likeness (QED) is 0.798. The summed E-state index contributed by atoms with van der Waals surface area (Å²) in [5, 5.41) is 0. The van der Waals surface area contributed by atoms with Gasteiger partial charge in [-0.1, -0.05) is 27.2 Å². The maximum atomic E-state index is 6.22. The van der Waals surface area contributed by atoms with Crippen molar-refractivity contribution in [3.05, 3.63) is 0 Å². The van der Waals surface area contributed by atoms with Crippen LogP contribution in [0.3, 0.4) is 0 Å². The van der Waals surface area contributed by atoms with E-state index in [0.29, 0.717) is 5.54 Å². The van der Waals surface area contributed by atoms with Gasteiger partial charge in [0, 0.05) is 18.6 Å². The first-order valence-electron chi connectivity index (χ1n) is 7.57. The first-order valence-corrected chi connectivity index (χ1v) is 7.57. The summed E-state index contributed by atoms with van der Waals surface area (Å²) in [4.78, 5) is 2.73. The van der Waals surface area contributed by atoms with Crippen LogP contribution < -0.4 is 5.73 Å². The molecule has 0 bridgehead atoms. The molecule has 0 spiro atoms. The van der Waals surface area contributed by atoms with Gasteiger partial charge in [-0.05, 0) is 50.0 Å². The summed E-state index contributed by atoms with van der Waals surface area (Å²) < 4.78 is 0. The molecule has 3 atom stereocenters. The van der Waals surface area contributed by atoms with Crippen molar-refractivity contribution in [2.75, 3.05) is 19.6 Å². The Morgan fingerprint density at radius 1 is 1.18 bits per heavy atom. The molecule has 0 heterocycles. The van der Waals surface area contributed by atoms with Crippen LogP contribution in [0, 0.1) is 17.8 Å². The molecule has 0 aromatic rings. The van der Waals surface area contributed by atoms with Gasteiger partial charge in [-0.2, -0.15) is 0 Å². The third kappa shape index (κ3) is 2.68. The zero-order valence-corrected chi connectivity index (χ0v) is 11.9. The Kier molecular flexibility index (Phi) is 4.14.